The second-order valence-electron chi connectivity index (χ2n) is 14.9. The van der Waals surface area contributed by atoms with Crippen molar-refractivity contribution in [2.75, 3.05) is 33.2 Å². The molecule has 288 valence electrons. The van der Waals surface area contributed by atoms with Gasteiger partial charge >= 0.3 is 12.1 Å². The van der Waals surface area contributed by atoms with E-state index in [0.29, 0.717) is 17.9 Å². The smallest absolute Gasteiger partial charge is 0.409 e. The highest BCUT2D eigenvalue weighted by atomic mass is 35.5. The number of esters is 1. The number of halogens is 1. The van der Waals surface area contributed by atoms with Crippen molar-refractivity contribution in [2.45, 2.75) is 114 Å². The second kappa shape index (κ2) is 16.0. The molecule has 4 rings (SSSR count). The number of fused-ring (bicyclic) bond motifs is 5. The van der Waals surface area contributed by atoms with Crippen LogP contribution in [-0.4, -0.2) is 109 Å². The van der Waals surface area contributed by atoms with Gasteiger partial charge in [0.1, 0.15) is 40.7 Å². The van der Waals surface area contributed by atoms with Crippen molar-refractivity contribution in [3.05, 3.63) is 46.5 Å². The molecule has 0 aromatic heterocycles. The Hall–Kier alpha value is -3.30. The van der Waals surface area contributed by atoms with Crippen LogP contribution in [0.15, 0.2) is 35.9 Å². The molecule has 2 N–H and O–H groups in total. The largest absolute Gasteiger partial charge is 0.495 e. The lowest BCUT2D eigenvalue weighted by atomic mass is 9.83. The van der Waals surface area contributed by atoms with Gasteiger partial charge < -0.3 is 38.6 Å². The summed E-state index contributed by atoms with van der Waals surface area (Å²) in [6, 6.07) is 2.58. The summed E-state index contributed by atoms with van der Waals surface area (Å²) in [5, 5.41) is 14.5. The van der Waals surface area contributed by atoms with Crippen molar-refractivity contribution >= 4 is 53.8 Å². The Bertz CT molecular complexity index is 1610. The van der Waals surface area contributed by atoms with Crippen molar-refractivity contribution in [1.82, 2.24) is 10.2 Å². The van der Waals surface area contributed by atoms with Gasteiger partial charge in [0.2, 0.25) is 11.8 Å². The molecule has 15 heteroatoms. The third-order valence-electron chi connectivity index (χ3n) is 10.1. The summed E-state index contributed by atoms with van der Waals surface area (Å²) in [4.78, 5) is 56.3. The number of thiol groups is 1. The monoisotopic (exact) mass is 765 g/mol. The number of aliphatic hydroxyl groups is 1. The molecule has 2 saturated heterocycles. The Morgan fingerprint density at radius 3 is 2.56 bits per heavy atom. The van der Waals surface area contributed by atoms with Crippen LogP contribution in [0.4, 0.5) is 10.5 Å². The number of allylic oxidation sites excluding steroid dienone is 3. The topological polar surface area (TPSA) is 156 Å². The highest BCUT2D eigenvalue weighted by Crippen LogP contribution is 2.49. The van der Waals surface area contributed by atoms with Crippen LogP contribution in [0.25, 0.3) is 0 Å². The number of amides is 3. The molecule has 3 aliphatic heterocycles. The van der Waals surface area contributed by atoms with E-state index in [4.69, 9.17) is 35.3 Å². The Balaban J connectivity index is 1.76. The maximum Gasteiger partial charge on any atom is 0.409 e. The van der Waals surface area contributed by atoms with E-state index < -0.39 is 70.4 Å². The average molecular weight is 766 g/mol. The van der Waals surface area contributed by atoms with Gasteiger partial charge in [0.15, 0.2) is 5.72 Å². The SMILES string of the molecule is COc1cc2cc(c1Cl)N(C)C(=O)C[C@H](OC(=O)[C@H](C)N(C)C(=O)CC(C)(C)S)[C@]1(C)O[C@H]1[C@H](C)[C@@H]1C[C@@](O)(NC(=O)O1)[C@H](OC)/C=C/C=C(\C)C2. The summed E-state index contributed by atoms with van der Waals surface area (Å²) in [5.41, 5.74) is -0.926. The number of epoxide rings is 1. The molecule has 0 aliphatic carbocycles. The number of rotatable bonds is 7. The third kappa shape index (κ3) is 9.25. The summed E-state index contributed by atoms with van der Waals surface area (Å²) in [7, 11) is 6.00. The number of hydrogen-bond donors (Lipinski definition) is 3. The molecular formula is C37H52ClN3O10S. The van der Waals surface area contributed by atoms with E-state index in [-0.39, 0.29) is 30.2 Å². The van der Waals surface area contributed by atoms with Crippen LogP contribution < -0.4 is 15.0 Å². The minimum atomic E-state index is -1.83. The second-order valence-corrected chi connectivity index (χ2v) is 16.5. The van der Waals surface area contributed by atoms with Crippen LogP contribution in [-0.2, 0) is 39.8 Å². The van der Waals surface area contributed by atoms with E-state index in [1.807, 2.05) is 13.0 Å². The molecule has 0 spiro atoms. The Morgan fingerprint density at radius 1 is 1.27 bits per heavy atom. The van der Waals surface area contributed by atoms with Crippen LogP contribution in [0.3, 0.4) is 0 Å². The number of methoxy groups -OCH3 is 2. The summed E-state index contributed by atoms with van der Waals surface area (Å²) >= 11 is 11.2. The van der Waals surface area contributed by atoms with Gasteiger partial charge in [0, 0.05) is 44.7 Å². The number of anilines is 1. The molecule has 8 atom stereocenters. The number of carbonyl (C=O) groups is 4. The molecule has 3 amide bonds. The zero-order chi connectivity index (χ0) is 38.9. The number of hydrogen-bond acceptors (Lipinski definition) is 11. The van der Waals surface area contributed by atoms with Crippen molar-refractivity contribution in [3.8, 4) is 5.75 Å². The first-order valence-electron chi connectivity index (χ1n) is 17.2. The number of carbonyl (C=O) groups excluding carboxylic acids is 4. The molecular weight excluding hydrogens is 714 g/mol. The number of alkyl carbamates (subject to hydrolysis) is 1. The van der Waals surface area contributed by atoms with Crippen LogP contribution in [0, 0.1) is 5.92 Å². The van der Waals surface area contributed by atoms with E-state index >= 15 is 0 Å². The summed E-state index contributed by atoms with van der Waals surface area (Å²) < 4.78 is 28.6. The fourth-order valence-corrected chi connectivity index (χ4v) is 7.16. The molecule has 52 heavy (non-hydrogen) atoms. The standard InChI is InChI=1S/C37H52ClN3O10S/c1-20-12-11-13-27(48-10)37(46)18-26(49-34(45)39-37)21(2)32-36(6,51-32)28(50-33(44)22(3)40(7)30(43)19-35(4,5)52)17-29(42)41(8)24-15-23(14-20)16-25(47-9)31(24)38/h11-13,15-16,21-22,26-28,32,46,52H,14,17-19H2,1-10H3,(H,39,45)/b13-11+,20-12+/t21-,22+,26+,27-,28+,32+,36+,37+/m1/s1. The van der Waals surface area contributed by atoms with Gasteiger partial charge in [-0.15, -0.1) is 0 Å². The summed E-state index contributed by atoms with van der Waals surface area (Å²) in [5.74, 6) is -1.64. The minimum Gasteiger partial charge on any atom is -0.495 e. The molecule has 4 bridgehead atoms. The Kier molecular flexibility index (Phi) is 12.7. The quantitative estimate of drug-likeness (QED) is 0.204. The van der Waals surface area contributed by atoms with E-state index in [9.17, 15) is 24.3 Å². The van der Waals surface area contributed by atoms with E-state index in [2.05, 4.69) is 17.9 Å². The summed E-state index contributed by atoms with van der Waals surface area (Å²) in [6.45, 7) is 10.6. The van der Waals surface area contributed by atoms with Crippen molar-refractivity contribution in [2.24, 2.45) is 5.92 Å². The predicted octanol–water partition coefficient (Wildman–Crippen LogP) is 4.61. The molecule has 3 heterocycles. The van der Waals surface area contributed by atoms with Gasteiger partial charge in [-0.05, 0) is 44.9 Å². The number of ether oxygens (including phenoxy) is 5. The van der Waals surface area contributed by atoms with Crippen LogP contribution in [0.1, 0.15) is 66.4 Å². The van der Waals surface area contributed by atoms with Crippen LogP contribution >= 0.6 is 24.2 Å². The van der Waals surface area contributed by atoms with Gasteiger partial charge in [-0.2, -0.15) is 12.6 Å². The highest BCUT2D eigenvalue weighted by Gasteiger charge is 2.64. The maximum absolute atomic E-state index is 14.1. The maximum atomic E-state index is 14.1. The number of likely N-dealkylation sites (N-methyl/N-ethyl adjacent to an activating group) is 1. The first kappa shape index (κ1) is 41.5. The van der Waals surface area contributed by atoms with Gasteiger partial charge in [-0.1, -0.05) is 56.2 Å². The Labute approximate surface area is 316 Å². The van der Waals surface area contributed by atoms with Crippen molar-refractivity contribution < 1.29 is 48.0 Å². The normalized spacial score (nSPS) is 31.9. The Morgan fingerprint density at radius 2 is 1.94 bits per heavy atom. The van der Waals surface area contributed by atoms with Gasteiger partial charge in [0.25, 0.3) is 0 Å². The van der Waals surface area contributed by atoms with Crippen LogP contribution in [0.2, 0.25) is 5.02 Å². The fourth-order valence-electron chi connectivity index (χ4n) is 6.71. The van der Waals surface area contributed by atoms with Crippen molar-refractivity contribution in [3.63, 3.8) is 0 Å². The molecule has 0 unspecified atom stereocenters. The van der Waals surface area contributed by atoms with E-state index in [0.717, 1.165) is 11.1 Å². The van der Waals surface area contributed by atoms with E-state index in [1.165, 1.54) is 31.1 Å². The van der Waals surface area contributed by atoms with Crippen molar-refractivity contribution in [1.29, 1.82) is 0 Å². The average Bonchev–Trinajstić information content (AvgIpc) is 3.75. The number of nitrogens with one attached hydrogen (secondary N) is 1. The lowest BCUT2D eigenvalue weighted by Gasteiger charge is -2.42. The lowest BCUT2D eigenvalue weighted by molar-refractivity contribution is -0.162. The predicted molar refractivity (Wildman–Crippen MR) is 199 cm³/mol. The van der Waals surface area contributed by atoms with Gasteiger partial charge in [0.05, 0.1) is 25.3 Å². The van der Waals surface area contributed by atoms with E-state index in [1.54, 1.807) is 66.0 Å². The minimum absolute atomic E-state index is 0.0525. The molecule has 2 fully saturated rings. The molecule has 0 radical (unpaired) electrons. The molecule has 3 aliphatic rings. The summed E-state index contributed by atoms with van der Waals surface area (Å²) in [6.07, 6.45) is 0.991. The molecule has 13 nitrogen and oxygen atoms in total. The van der Waals surface area contributed by atoms with Crippen LogP contribution in [0.5, 0.6) is 5.75 Å². The number of nitrogens with zero attached hydrogens (tertiary/aromatic N) is 2. The first-order valence-corrected chi connectivity index (χ1v) is 18.0. The first-order chi connectivity index (χ1) is 24.1. The number of benzene rings is 1. The van der Waals surface area contributed by atoms with Gasteiger partial charge in [-0.25, -0.2) is 9.59 Å². The van der Waals surface area contributed by atoms with Gasteiger partial charge in [-0.3, -0.25) is 14.9 Å². The molecule has 1 aromatic rings. The lowest BCUT2D eigenvalue weighted by Crippen LogP contribution is -2.63. The highest BCUT2D eigenvalue weighted by molar-refractivity contribution is 7.81. The molecule has 1 aromatic carbocycles. The molecule has 0 saturated carbocycles. The third-order valence-corrected chi connectivity index (χ3v) is 10.6. The zero-order valence-electron chi connectivity index (χ0n) is 31.5. The zero-order valence-corrected chi connectivity index (χ0v) is 33.2. The fraction of sp³-hybridized carbons (Fsp3) is 0.622.